The number of nitrogens with zero attached hydrogens (tertiary/aromatic N) is 4. The van der Waals surface area contributed by atoms with Crippen LogP contribution >= 0.6 is 0 Å². The fourth-order valence-electron chi connectivity index (χ4n) is 3.93. The molecule has 0 saturated heterocycles. The molecule has 2 aromatic heterocycles. The van der Waals surface area contributed by atoms with Crippen LogP contribution in [0.4, 0.5) is 5.82 Å². The molecule has 0 aliphatic heterocycles. The number of anilines is 1. The Kier molecular flexibility index (Phi) is 4.71. The molecule has 3 aromatic carbocycles. The van der Waals surface area contributed by atoms with Gasteiger partial charge in [-0.2, -0.15) is 0 Å². The van der Waals surface area contributed by atoms with E-state index in [4.69, 9.17) is 9.97 Å². The fraction of sp³-hybridized carbons (Fsp3) is 0.115. The van der Waals surface area contributed by atoms with Crippen LogP contribution in [0.3, 0.4) is 0 Å². The summed E-state index contributed by atoms with van der Waals surface area (Å²) in [4.78, 5) is 16.2. The highest BCUT2D eigenvalue weighted by Gasteiger charge is 2.16. The molecule has 0 bridgehead atoms. The number of para-hydroxylation sites is 1. The van der Waals surface area contributed by atoms with Gasteiger partial charge >= 0.3 is 0 Å². The Balaban J connectivity index is 1.65. The largest absolute Gasteiger partial charge is 0.507 e. The Morgan fingerprint density at radius 1 is 0.839 bits per heavy atom. The summed E-state index contributed by atoms with van der Waals surface area (Å²) in [6.07, 6.45) is 1.81. The van der Waals surface area contributed by atoms with Crippen molar-refractivity contribution >= 4 is 27.6 Å². The number of aromatic hydroxyl groups is 1. The Morgan fingerprint density at radius 3 is 2.58 bits per heavy atom. The lowest BCUT2D eigenvalue weighted by Gasteiger charge is -2.22. The number of fused-ring (bicyclic) bond motifs is 2. The van der Waals surface area contributed by atoms with Crippen LogP contribution in [-0.2, 0) is 6.54 Å². The molecule has 152 valence electrons. The topological polar surface area (TPSA) is 62.1 Å². The molecule has 5 aromatic rings. The minimum atomic E-state index is 0.170. The molecular weight excluding hydrogens is 384 g/mol. The van der Waals surface area contributed by atoms with E-state index in [0.29, 0.717) is 17.9 Å². The van der Waals surface area contributed by atoms with Gasteiger partial charge in [-0.25, -0.2) is 9.97 Å². The maximum Gasteiger partial charge on any atom is 0.165 e. The molecule has 1 N–H and O–H groups in total. The number of phenols is 1. The zero-order chi connectivity index (χ0) is 21.4. The molecule has 2 heterocycles. The summed E-state index contributed by atoms with van der Waals surface area (Å²) < 4.78 is 0. The van der Waals surface area contributed by atoms with E-state index in [2.05, 4.69) is 40.2 Å². The van der Waals surface area contributed by atoms with Crippen molar-refractivity contribution in [3.05, 3.63) is 90.1 Å². The van der Waals surface area contributed by atoms with Crippen LogP contribution in [0.15, 0.2) is 79.0 Å². The van der Waals surface area contributed by atoms with Crippen LogP contribution in [-0.4, -0.2) is 27.1 Å². The van der Waals surface area contributed by atoms with Gasteiger partial charge in [-0.05, 0) is 54.4 Å². The zero-order valence-corrected chi connectivity index (χ0v) is 17.4. The lowest BCUT2D eigenvalue weighted by molar-refractivity contribution is 0.477. The maximum absolute atomic E-state index is 10.4. The average Bonchev–Trinajstić information content (AvgIpc) is 2.78. The first-order valence-corrected chi connectivity index (χ1v) is 10.2. The van der Waals surface area contributed by atoms with Gasteiger partial charge < -0.3 is 10.0 Å². The molecule has 0 fully saturated rings. The van der Waals surface area contributed by atoms with E-state index >= 15 is 0 Å². The number of aromatic nitrogens is 3. The molecule has 0 saturated carbocycles. The second-order valence-corrected chi connectivity index (χ2v) is 7.75. The molecule has 0 atom stereocenters. The first kappa shape index (κ1) is 19.0. The minimum absolute atomic E-state index is 0.170. The normalized spacial score (nSPS) is 11.2. The van der Waals surface area contributed by atoms with E-state index in [1.807, 2.05) is 50.5 Å². The van der Waals surface area contributed by atoms with Crippen LogP contribution < -0.4 is 4.90 Å². The Morgan fingerprint density at radius 2 is 1.71 bits per heavy atom. The lowest BCUT2D eigenvalue weighted by atomic mass is 10.1. The van der Waals surface area contributed by atoms with E-state index in [1.165, 1.54) is 5.56 Å². The van der Waals surface area contributed by atoms with Gasteiger partial charge in [0.2, 0.25) is 0 Å². The third-order valence-corrected chi connectivity index (χ3v) is 5.48. The quantitative estimate of drug-likeness (QED) is 0.427. The van der Waals surface area contributed by atoms with Crippen molar-refractivity contribution in [1.29, 1.82) is 0 Å². The van der Waals surface area contributed by atoms with Gasteiger partial charge in [0, 0.05) is 30.6 Å². The number of hydrogen-bond acceptors (Lipinski definition) is 5. The Hall–Kier alpha value is -3.99. The third kappa shape index (κ3) is 3.55. The highest BCUT2D eigenvalue weighted by Crippen LogP contribution is 2.32. The number of hydrogen-bond donors (Lipinski definition) is 1. The highest BCUT2D eigenvalue weighted by molar-refractivity contribution is 5.92. The van der Waals surface area contributed by atoms with Crippen molar-refractivity contribution in [2.24, 2.45) is 0 Å². The lowest BCUT2D eigenvalue weighted by Crippen LogP contribution is -2.19. The number of pyridine rings is 1. The highest BCUT2D eigenvalue weighted by atomic mass is 16.3. The van der Waals surface area contributed by atoms with Crippen molar-refractivity contribution in [3.8, 4) is 17.1 Å². The van der Waals surface area contributed by atoms with Crippen LogP contribution in [0.2, 0.25) is 0 Å². The van der Waals surface area contributed by atoms with Crippen LogP contribution in [0.5, 0.6) is 5.75 Å². The molecule has 31 heavy (non-hydrogen) atoms. The summed E-state index contributed by atoms with van der Waals surface area (Å²) in [5, 5.41) is 12.5. The first-order chi connectivity index (χ1) is 15.1. The van der Waals surface area contributed by atoms with Crippen LogP contribution in [0.25, 0.3) is 33.2 Å². The number of phenolic OH excluding ortho intramolecular Hbond substituents is 1. The molecule has 0 aliphatic carbocycles. The van der Waals surface area contributed by atoms with Gasteiger partial charge in [-0.3, -0.25) is 4.98 Å². The second kappa shape index (κ2) is 7.69. The summed E-state index contributed by atoms with van der Waals surface area (Å²) in [7, 11) is 2.03. The van der Waals surface area contributed by atoms with Crippen molar-refractivity contribution in [3.63, 3.8) is 0 Å². The summed E-state index contributed by atoms with van der Waals surface area (Å²) in [5.74, 6) is 1.50. The van der Waals surface area contributed by atoms with Crippen LogP contribution in [0, 0.1) is 6.92 Å². The molecule has 0 unspecified atom stereocenters. The fourth-order valence-corrected chi connectivity index (χ4v) is 3.93. The standard InChI is InChI=1S/C26H22N4O/c1-17-12-13-20-23(15-17)28-25(21-8-3-4-11-24(21)31)29-26(20)30(2)16-18-7-5-10-22-19(18)9-6-14-27-22/h3-15,31H,16H2,1-2H3. The SMILES string of the molecule is Cc1ccc2c(N(C)Cc3cccc4ncccc34)nc(-c3ccccc3O)nc2c1. The molecule has 5 heteroatoms. The molecule has 0 amide bonds. The Labute approximate surface area is 180 Å². The smallest absolute Gasteiger partial charge is 0.165 e. The number of aryl methyl sites for hydroxylation is 1. The predicted octanol–water partition coefficient (Wildman–Crippen LogP) is 5.50. The summed E-state index contributed by atoms with van der Waals surface area (Å²) >= 11 is 0. The minimum Gasteiger partial charge on any atom is -0.507 e. The first-order valence-electron chi connectivity index (χ1n) is 10.2. The van der Waals surface area contributed by atoms with Gasteiger partial charge in [-0.1, -0.05) is 36.4 Å². The molecule has 5 rings (SSSR count). The molecule has 0 spiro atoms. The van der Waals surface area contributed by atoms with E-state index in [9.17, 15) is 5.11 Å². The van der Waals surface area contributed by atoms with Crippen molar-refractivity contribution in [1.82, 2.24) is 15.0 Å². The van der Waals surface area contributed by atoms with E-state index in [0.717, 1.165) is 33.2 Å². The summed E-state index contributed by atoms with van der Waals surface area (Å²) in [5.41, 5.74) is 4.76. The molecule has 5 nitrogen and oxygen atoms in total. The van der Waals surface area contributed by atoms with Gasteiger partial charge in [0.25, 0.3) is 0 Å². The van der Waals surface area contributed by atoms with Gasteiger partial charge in [0.1, 0.15) is 11.6 Å². The van der Waals surface area contributed by atoms with E-state index < -0.39 is 0 Å². The summed E-state index contributed by atoms with van der Waals surface area (Å²) in [6, 6.07) is 23.6. The van der Waals surface area contributed by atoms with Gasteiger partial charge in [-0.15, -0.1) is 0 Å². The third-order valence-electron chi connectivity index (χ3n) is 5.48. The van der Waals surface area contributed by atoms with Crippen LogP contribution in [0.1, 0.15) is 11.1 Å². The van der Waals surface area contributed by atoms with Gasteiger partial charge in [0.15, 0.2) is 5.82 Å². The Bertz CT molecular complexity index is 1410. The number of rotatable bonds is 4. The zero-order valence-electron chi connectivity index (χ0n) is 17.4. The molecule has 0 radical (unpaired) electrons. The summed E-state index contributed by atoms with van der Waals surface area (Å²) in [6.45, 7) is 2.72. The van der Waals surface area contributed by atoms with Gasteiger partial charge in [0.05, 0.1) is 16.6 Å². The van der Waals surface area contributed by atoms with Crippen molar-refractivity contribution < 1.29 is 5.11 Å². The number of benzene rings is 3. The predicted molar refractivity (Wildman–Crippen MR) is 125 cm³/mol. The maximum atomic E-state index is 10.4. The monoisotopic (exact) mass is 406 g/mol. The van der Waals surface area contributed by atoms with Crippen molar-refractivity contribution in [2.45, 2.75) is 13.5 Å². The van der Waals surface area contributed by atoms with Crippen molar-refractivity contribution in [2.75, 3.05) is 11.9 Å². The van der Waals surface area contributed by atoms with E-state index in [-0.39, 0.29) is 5.75 Å². The van der Waals surface area contributed by atoms with E-state index in [1.54, 1.807) is 12.1 Å². The average molecular weight is 406 g/mol. The molecular formula is C26H22N4O. The molecule has 0 aliphatic rings. The second-order valence-electron chi connectivity index (χ2n) is 7.75.